The summed E-state index contributed by atoms with van der Waals surface area (Å²) in [5.41, 5.74) is 9.64. The first-order valence-electron chi connectivity index (χ1n) is 9.08. The molecule has 0 radical (unpaired) electrons. The Labute approximate surface area is 145 Å². The second-order valence-corrected chi connectivity index (χ2v) is 7.06. The van der Waals surface area contributed by atoms with Crippen LogP contribution in [0.5, 0.6) is 0 Å². The smallest absolute Gasteiger partial charge is 0.260 e. The van der Waals surface area contributed by atoms with Gasteiger partial charge >= 0.3 is 0 Å². The van der Waals surface area contributed by atoms with Crippen LogP contribution in [0, 0.1) is 11.8 Å². The third kappa shape index (κ3) is 5.58. The van der Waals surface area contributed by atoms with Gasteiger partial charge in [-0.05, 0) is 35.9 Å². The van der Waals surface area contributed by atoms with Crippen LogP contribution in [-0.2, 0) is 17.8 Å². The maximum Gasteiger partial charge on any atom is 0.260 e. The van der Waals surface area contributed by atoms with E-state index in [9.17, 15) is 4.79 Å². The van der Waals surface area contributed by atoms with Gasteiger partial charge < -0.3 is 11.1 Å². The Morgan fingerprint density at radius 2 is 1.92 bits per heavy atom. The first-order valence-corrected chi connectivity index (χ1v) is 9.08. The normalized spacial score (nSPS) is 18.1. The summed E-state index contributed by atoms with van der Waals surface area (Å²) >= 11 is 0. The fourth-order valence-electron chi connectivity index (χ4n) is 3.65. The van der Waals surface area contributed by atoms with Gasteiger partial charge in [0, 0.05) is 6.54 Å². The van der Waals surface area contributed by atoms with E-state index in [-0.39, 0.29) is 0 Å². The van der Waals surface area contributed by atoms with Gasteiger partial charge in [0.05, 0.1) is 6.04 Å². The summed E-state index contributed by atoms with van der Waals surface area (Å²) in [4.78, 5) is 11.4. The van der Waals surface area contributed by atoms with Gasteiger partial charge in [0.2, 0.25) is 0 Å². The number of hydrogen-bond donors (Lipinski definition) is 4. The van der Waals surface area contributed by atoms with E-state index in [1.54, 1.807) is 5.48 Å². The Bertz CT molecular complexity index is 515. The molecule has 5 heteroatoms. The SMILES string of the molecule is CC(CNCc1ccccc1CC(N)C(=O)NO)C1CCCCC1. The van der Waals surface area contributed by atoms with E-state index < -0.39 is 11.9 Å². The van der Waals surface area contributed by atoms with E-state index in [0.717, 1.165) is 30.1 Å². The second kappa shape index (κ2) is 9.77. The van der Waals surface area contributed by atoms with E-state index >= 15 is 0 Å². The highest BCUT2D eigenvalue weighted by atomic mass is 16.5. The van der Waals surface area contributed by atoms with Crippen LogP contribution in [0.4, 0.5) is 0 Å². The molecule has 1 aliphatic carbocycles. The summed E-state index contributed by atoms with van der Waals surface area (Å²) < 4.78 is 0. The zero-order chi connectivity index (χ0) is 17.4. The minimum atomic E-state index is -0.739. The molecular formula is C19H31N3O2. The van der Waals surface area contributed by atoms with Crippen molar-refractivity contribution in [3.05, 3.63) is 35.4 Å². The molecule has 1 saturated carbocycles. The lowest BCUT2D eigenvalue weighted by Gasteiger charge is -2.28. The van der Waals surface area contributed by atoms with Crippen molar-refractivity contribution in [3.63, 3.8) is 0 Å². The molecule has 2 atom stereocenters. The first kappa shape index (κ1) is 18.9. The molecule has 0 saturated heterocycles. The number of nitrogens with one attached hydrogen (secondary N) is 2. The number of rotatable bonds is 8. The highest BCUT2D eigenvalue weighted by Gasteiger charge is 2.20. The maximum atomic E-state index is 11.4. The summed E-state index contributed by atoms with van der Waals surface area (Å²) in [5, 5.41) is 12.3. The average molecular weight is 333 g/mol. The molecule has 2 unspecified atom stereocenters. The molecule has 134 valence electrons. The monoisotopic (exact) mass is 333 g/mol. The van der Waals surface area contributed by atoms with E-state index in [1.807, 2.05) is 18.2 Å². The molecule has 1 aromatic carbocycles. The van der Waals surface area contributed by atoms with Crippen molar-refractivity contribution in [1.82, 2.24) is 10.8 Å². The number of nitrogens with two attached hydrogens (primary N) is 1. The summed E-state index contributed by atoms with van der Waals surface area (Å²) in [7, 11) is 0. The van der Waals surface area contributed by atoms with Crippen LogP contribution in [0.3, 0.4) is 0 Å². The fourth-order valence-corrected chi connectivity index (χ4v) is 3.65. The number of carbonyl (C=O) groups excluding carboxylic acids is 1. The number of carbonyl (C=O) groups is 1. The summed E-state index contributed by atoms with van der Waals surface area (Å²) in [6, 6.07) is 7.27. The predicted molar refractivity (Wildman–Crippen MR) is 95.5 cm³/mol. The third-order valence-electron chi connectivity index (χ3n) is 5.24. The Morgan fingerprint density at radius 3 is 2.58 bits per heavy atom. The molecule has 0 aliphatic heterocycles. The molecule has 1 aromatic rings. The minimum Gasteiger partial charge on any atom is -0.320 e. The first-order chi connectivity index (χ1) is 11.6. The lowest BCUT2D eigenvalue weighted by Crippen LogP contribution is -2.40. The standard InChI is InChI=1S/C19H31N3O2/c1-14(15-7-3-2-4-8-15)12-21-13-17-10-6-5-9-16(17)11-18(20)19(23)22-24/h5-6,9-10,14-15,18,21,24H,2-4,7-8,11-13,20H2,1H3,(H,22,23). The topological polar surface area (TPSA) is 87.4 Å². The van der Waals surface area contributed by atoms with Crippen LogP contribution in [0.1, 0.15) is 50.2 Å². The van der Waals surface area contributed by atoms with Crippen molar-refractivity contribution in [2.75, 3.05) is 6.54 Å². The minimum absolute atomic E-state index is 0.419. The van der Waals surface area contributed by atoms with E-state index in [1.165, 1.54) is 32.1 Å². The summed E-state index contributed by atoms with van der Waals surface area (Å²) in [5.74, 6) is 0.992. The predicted octanol–water partition coefficient (Wildman–Crippen LogP) is 2.37. The van der Waals surface area contributed by atoms with Crippen molar-refractivity contribution in [2.24, 2.45) is 17.6 Å². The van der Waals surface area contributed by atoms with Gasteiger partial charge in [0.25, 0.3) is 5.91 Å². The van der Waals surface area contributed by atoms with E-state index in [2.05, 4.69) is 18.3 Å². The van der Waals surface area contributed by atoms with Gasteiger partial charge in [-0.3, -0.25) is 10.0 Å². The lowest BCUT2D eigenvalue weighted by molar-refractivity contribution is -0.130. The van der Waals surface area contributed by atoms with E-state index in [0.29, 0.717) is 12.3 Å². The van der Waals surface area contributed by atoms with Crippen molar-refractivity contribution in [1.29, 1.82) is 0 Å². The zero-order valence-electron chi connectivity index (χ0n) is 14.6. The molecule has 0 aromatic heterocycles. The number of hydrogen-bond acceptors (Lipinski definition) is 4. The third-order valence-corrected chi connectivity index (χ3v) is 5.24. The number of hydroxylamine groups is 1. The fraction of sp³-hybridized carbons (Fsp3) is 0.632. The van der Waals surface area contributed by atoms with Crippen LogP contribution >= 0.6 is 0 Å². The van der Waals surface area contributed by atoms with Crippen LogP contribution in [-0.4, -0.2) is 23.7 Å². The molecule has 0 bridgehead atoms. The Morgan fingerprint density at radius 1 is 1.25 bits per heavy atom. The molecule has 24 heavy (non-hydrogen) atoms. The zero-order valence-corrected chi connectivity index (χ0v) is 14.6. The van der Waals surface area contributed by atoms with Crippen LogP contribution < -0.4 is 16.5 Å². The van der Waals surface area contributed by atoms with E-state index in [4.69, 9.17) is 10.9 Å². The molecule has 5 nitrogen and oxygen atoms in total. The van der Waals surface area contributed by atoms with Crippen LogP contribution in [0.25, 0.3) is 0 Å². The Balaban J connectivity index is 1.84. The molecule has 0 heterocycles. The average Bonchev–Trinajstić information content (AvgIpc) is 2.63. The number of benzene rings is 1. The van der Waals surface area contributed by atoms with Gasteiger partial charge in [-0.1, -0.05) is 63.3 Å². The highest BCUT2D eigenvalue weighted by Crippen LogP contribution is 2.29. The molecule has 1 amide bonds. The molecule has 0 spiro atoms. The van der Waals surface area contributed by atoms with Crippen molar-refractivity contribution in [2.45, 2.75) is 58.0 Å². The second-order valence-electron chi connectivity index (χ2n) is 7.06. The van der Waals surface area contributed by atoms with Gasteiger partial charge in [0.15, 0.2) is 0 Å². The maximum absolute atomic E-state index is 11.4. The van der Waals surface area contributed by atoms with Crippen LogP contribution in [0.15, 0.2) is 24.3 Å². The van der Waals surface area contributed by atoms with Crippen LogP contribution in [0.2, 0.25) is 0 Å². The quantitative estimate of drug-likeness (QED) is 0.434. The molecule has 1 fully saturated rings. The summed E-state index contributed by atoms with van der Waals surface area (Å²) in [6.45, 7) is 4.14. The molecular weight excluding hydrogens is 302 g/mol. The summed E-state index contributed by atoms with van der Waals surface area (Å²) in [6.07, 6.45) is 7.30. The Hall–Kier alpha value is -1.43. The Kier molecular flexibility index (Phi) is 7.69. The van der Waals surface area contributed by atoms with Gasteiger partial charge in [-0.25, -0.2) is 5.48 Å². The largest absolute Gasteiger partial charge is 0.320 e. The van der Waals surface area contributed by atoms with Crippen molar-refractivity contribution < 1.29 is 10.0 Å². The molecule has 2 rings (SSSR count). The van der Waals surface area contributed by atoms with Gasteiger partial charge in [0.1, 0.15) is 0 Å². The lowest BCUT2D eigenvalue weighted by atomic mass is 9.81. The number of amides is 1. The molecule has 5 N–H and O–H groups in total. The van der Waals surface area contributed by atoms with Crippen molar-refractivity contribution in [3.8, 4) is 0 Å². The van der Waals surface area contributed by atoms with Gasteiger partial charge in [-0.2, -0.15) is 0 Å². The van der Waals surface area contributed by atoms with Gasteiger partial charge in [-0.15, -0.1) is 0 Å². The highest BCUT2D eigenvalue weighted by molar-refractivity contribution is 5.80. The van der Waals surface area contributed by atoms with Crippen molar-refractivity contribution >= 4 is 5.91 Å². The molecule has 1 aliphatic rings.